The second kappa shape index (κ2) is 4.66. The minimum absolute atomic E-state index is 0.120. The Kier molecular flexibility index (Phi) is 4.55. The molecule has 0 aromatic rings. The Morgan fingerprint density at radius 1 is 2.00 bits per heavy atom. The smallest absolute Gasteiger partial charge is 0.267 e. The first-order chi connectivity index (χ1) is 4.16. The van der Waals surface area contributed by atoms with E-state index in [4.69, 9.17) is 0 Å². The zero-order chi connectivity index (χ0) is 7.28. The molecule has 0 fully saturated rings. The van der Waals surface area contributed by atoms with Crippen molar-refractivity contribution in [3.05, 3.63) is 0 Å². The molecule has 1 N–H and O–H groups in total. The van der Waals surface area contributed by atoms with E-state index in [2.05, 4.69) is 17.0 Å². The van der Waals surface area contributed by atoms with Crippen LogP contribution in [0.2, 0.25) is 0 Å². The Bertz CT molecular complexity index is 126. The zero-order valence-corrected chi connectivity index (χ0v) is 6.38. The van der Waals surface area contributed by atoms with E-state index in [1.165, 1.54) is 0 Å². The third kappa shape index (κ3) is 5.67. The number of nitrogens with one attached hydrogen (secondary N) is 1. The lowest BCUT2D eigenvalue weighted by molar-refractivity contribution is 0.326. The van der Waals surface area contributed by atoms with E-state index in [1.54, 1.807) is 6.92 Å². The molecule has 0 bridgehead atoms. The van der Waals surface area contributed by atoms with Gasteiger partial charge in [-0.05, 0) is 19.1 Å². The van der Waals surface area contributed by atoms with Gasteiger partial charge < -0.3 is 9.29 Å². The van der Waals surface area contributed by atoms with Crippen molar-refractivity contribution in [3.63, 3.8) is 0 Å². The molecule has 0 spiro atoms. The highest BCUT2D eigenvalue weighted by Gasteiger charge is 1.90. The van der Waals surface area contributed by atoms with E-state index >= 15 is 0 Å². The van der Waals surface area contributed by atoms with Crippen molar-refractivity contribution in [3.8, 4) is 0 Å². The molecule has 1 unspecified atom stereocenters. The summed E-state index contributed by atoms with van der Waals surface area (Å²) in [6, 6.07) is 0. The van der Waals surface area contributed by atoms with E-state index in [-0.39, 0.29) is 5.17 Å². The number of hydrogen-bond donors (Lipinski definition) is 1. The van der Waals surface area contributed by atoms with Crippen molar-refractivity contribution in [2.24, 2.45) is 0 Å². The first-order valence-corrected chi connectivity index (χ1v) is 3.67. The number of ether oxygens (including phenoxy) is 1. The Labute approximate surface area is 61.0 Å². The van der Waals surface area contributed by atoms with Crippen LogP contribution in [0.1, 0.15) is 6.92 Å². The lowest BCUT2D eigenvalue weighted by Gasteiger charge is -2.08. The van der Waals surface area contributed by atoms with Crippen LogP contribution in [0.4, 0.5) is 0 Å². The molecular weight excluding hydrogens is 162 g/mol. The van der Waals surface area contributed by atoms with Gasteiger partial charge in [0.15, 0.2) is 0 Å². The van der Waals surface area contributed by atoms with E-state index in [0.29, 0.717) is 6.61 Å². The Hall–Kier alpha value is -0.200. The van der Waals surface area contributed by atoms with Gasteiger partial charge in [-0.2, -0.15) is 0 Å². The third-order valence-electron chi connectivity index (χ3n) is 0.442. The molecule has 0 amide bonds. The molecule has 0 saturated carbocycles. The molecule has 6 heteroatoms. The largest absolute Gasteiger partial charge is 0.755 e. The maximum absolute atomic E-state index is 9.81. The normalized spacial score (nSPS) is 12.2. The van der Waals surface area contributed by atoms with Crippen LogP contribution in [0.25, 0.3) is 0 Å². The van der Waals surface area contributed by atoms with Crippen molar-refractivity contribution in [2.45, 2.75) is 6.92 Å². The highest BCUT2D eigenvalue weighted by Crippen LogP contribution is 1.76. The van der Waals surface area contributed by atoms with Crippen LogP contribution >= 0.6 is 12.2 Å². The fourth-order valence-electron chi connectivity index (χ4n) is 0.229. The predicted molar refractivity (Wildman–Crippen MR) is 36.3 cm³/mol. The monoisotopic (exact) mass is 168 g/mol. The summed E-state index contributed by atoms with van der Waals surface area (Å²) >= 11 is 2.04. The van der Waals surface area contributed by atoms with Crippen LogP contribution < -0.4 is 4.72 Å². The van der Waals surface area contributed by atoms with Crippen LogP contribution in [-0.4, -0.2) is 20.5 Å². The van der Waals surface area contributed by atoms with Crippen molar-refractivity contribution >= 4 is 28.7 Å². The van der Waals surface area contributed by atoms with E-state index in [0.717, 1.165) is 0 Å². The Balaban J connectivity index is 3.39. The molecule has 54 valence electrons. The molecule has 0 saturated heterocycles. The summed E-state index contributed by atoms with van der Waals surface area (Å²) in [4.78, 5) is 0. The highest BCUT2D eigenvalue weighted by atomic mass is 32.2. The van der Waals surface area contributed by atoms with Crippen LogP contribution in [0.5, 0.6) is 0 Å². The predicted octanol–water partition coefficient (Wildman–Crippen LogP) is -0.308. The Morgan fingerprint density at radius 2 is 2.56 bits per heavy atom. The second-order valence-electron chi connectivity index (χ2n) is 1.06. The van der Waals surface area contributed by atoms with Crippen molar-refractivity contribution in [1.29, 1.82) is 0 Å². The first-order valence-electron chi connectivity index (χ1n) is 2.19. The molecule has 0 heterocycles. The number of rotatable bonds is 2. The van der Waals surface area contributed by atoms with Gasteiger partial charge in [0.25, 0.3) is 5.17 Å². The fourth-order valence-corrected chi connectivity index (χ4v) is 0.746. The van der Waals surface area contributed by atoms with Crippen LogP contribution in [-0.2, 0) is 16.0 Å². The molecule has 0 aliphatic rings. The summed E-state index contributed by atoms with van der Waals surface area (Å²) in [5, 5.41) is -0.120. The molecule has 0 aromatic carbocycles. The summed E-state index contributed by atoms with van der Waals surface area (Å²) in [5.74, 6) is 0. The van der Waals surface area contributed by atoms with Gasteiger partial charge in [-0.15, -0.1) is 0 Å². The van der Waals surface area contributed by atoms with Crippen LogP contribution in [0.15, 0.2) is 0 Å². The zero-order valence-electron chi connectivity index (χ0n) is 4.75. The van der Waals surface area contributed by atoms with E-state index < -0.39 is 11.3 Å². The average Bonchev–Trinajstić information content (AvgIpc) is 1.63. The quantitative estimate of drug-likeness (QED) is 0.454. The molecule has 0 radical (unpaired) electrons. The SMILES string of the molecule is CCOC(=S)NS(=O)[O-]. The van der Waals surface area contributed by atoms with Gasteiger partial charge in [-0.3, -0.25) is 8.93 Å². The topological polar surface area (TPSA) is 61.4 Å². The second-order valence-corrected chi connectivity index (χ2v) is 2.10. The summed E-state index contributed by atoms with van der Waals surface area (Å²) in [6.45, 7) is 2.07. The minimum atomic E-state index is -2.36. The first kappa shape index (κ1) is 8.80. The molecule has 9 heavy (non-hydrogen) atoms. The van der Waals surface area contributed by atoms with Gasteiger partial charge in [0, 0.05) is 11.3 Å². The minimum Gasteiger partial charge on any atom is -0.755 e. The number of hydrogen-bond acceptors (Lipinski definition) is 4. The summed E-state index contributed by atoms with van der Waals surface area (Å²) in [6.07, 6.45) is 0. The molecule has 0 rings (SSSR count). The number of thiocarbonyl (C=S) groups is 1. The molecule has 0 aliphatic carbocycles. The van der Waals surface area contributed by atoms with Gasteiger partial charge in [0.1, 0.15) is 0 Å². The lowest BCUT2D eigenvalue weighted by atomic mass is 10.9. The van der Waals surface area contributed by atoms with Gasteiger partial charge in [0.2, 0.25) is 0 Å². The van der Waals surface area contributed by atoms with E-state index in [9.17, 15) is 8.76 Å². The van der Waals surface area contributed by atoms with Crippen LogP contribution in [0, 0.1) is 0 Å². The average molecular weight is 168 g/mol. The summed E-state index contributed by atoms with van der Waals surface area (Å²) in [5.41, 5.74) is 0. The van der Waals surface area contributed by atoms with E-state index in [1.807, 2.05) is 4.72 Å². The van der Waals surface area contributed by atoms with Crippen molar-refractivity contribution < 1.29 is 13.5 Å². The summed E-state index contributed by atoms with van der Waals surface area (Å²) in [7, 11) is 0. The Morgan fingerprint density at radius 3 is 2.89 bits per heavy atom. The van der Waals surface area contributed by atoms with Crippen molar-refractivity contribution in [1.82, 2.24) is 4.72 Å². The van der Waals surface area contributed by atoms with Crippen molar-refractivity contribution in [2.75, 3.05) is 6.61 Å². The standard InChI is InChI=1S/C3H7NO3S2/c1-2-7-3(8)4-9(5)6/h2H2,1H3,(H,4,8)(H,5,6)/p-1. The van der Waals surface area contributed by atoms with Gasteiger partial charge in [-0.1, -0.05) is 0 Å². The van der Waals surface area contributed by atoms with Gasteiger partial charge in [0.05, 0.1) is 6.61 Å². The maximum atomic E-state index is 9.81. The lowest BCUT2D eigenvalue weighted by Crippen LogP contribution is -2.25. The molecule has 1 atom stereocenters. The molecular formula is C3H6NO3S2-. The summed E-state index contributed by atoms with van der Waals surface area (Å²) < 4.78 is 26.1. The molecule has 0 aliphatic heterocycles. The highest BCUT2D eigenvalue weighted by molar-refractivity contribution is 7.83. The van der Waals surface area contributed by atoms with Gasteiger partial charge in [-0.25, -0.2) is 0 Å². The maximum Gasteiger partial charge on any atom is 0.267 e. The molecule has 0 aromatic heterocycles. The van der Waals surface area contributed by atoms with Gasteiger partial charge >= 0.3 is 0 Å². The van der Waals surface area contributed by atoms with Crippen LogP contribution in [0.3, 0.4) is 0 Å². The molecule has 4 nitrogen and oxygen atoms in total. The fraction of sp³-hybridized carbons (Fsp3) is 0.667. The third-order valence-corrected chi connectivity index (χ3v) is 1.14.